The van der Waals surface area contributed by atoms with Crippen LogP contribution in [0.5, 0.6) is 5.88 Å². The Balaban J connectivity index is 0.000000791. The van der Waals surface area contributed by atoms with Gasteiger partial charge in [0.25, 0.3) is 5.56 Å². The zero-order chi connectivity index (χ0) is 11.1. The van der Waals surface area contributed by atoms with E-state index in [9.17, 15) is 4.79 Å². The van der Waals surface area contributed by atoms with Crippen molar-refractivity contribution in [1.82, 2.24) is 4.98 Å². The quantitative estimate of drug-likeness (QED) is 0.791. The minimum absolute atomic E-state index is 0.113. The van der Waals surface area contributed by atoms with Crippen molar-refractivity contribution in [3.05, 3.63) is 28.0 Å². The number of nitrogens with one attached hydrogen (secondary N) is 1. The zero-order valence-electron chi connectivity index (χ0n) is 9.55. The third-order valence-electron chi connectivity index (χ3n) is 1.73. The second-order valence-corrected chi connectivity index (χ2v) is 3.00. The molecule has 1 rings (SSSR count). The molecule has 80 valence electrons. The molecule has 1 heterocycles. The summed E-state index contributed by atoms with van der Waals surface area (Å²) in [5.41, 5.74) is 0.883. The van der Waals surface area contributed by atoms with Gasteiger partial charge in [-0.3, -0.25) is 9.78 Å². The van der Waals surface area contributed by atoms with Gasteiger partial charge in [0.05, 0.1) is 7.11 Å². The number of hydrogen-bond donors (Lipinski definition) is 1. The van der Waals surface area contributed by atoms with Gasteiger partial charge in [0.15, 0.2) is 5.88 Å². The number of methoxy groups -OCH3 is 1. The number of aromatic amines is 1. The van der Waals surface area contributed by atoms with Crippen LogP contribution in [-0.2, 0) is 0 Å². The number of ether oxygens (including phenoxy) is 1. The third kappa shape index (κ3) is 3.64. The first-order valence-electron chi connectivity index (χ1n) is 4.91. The molecule has 3 nitrogen and oxygen atoms in total. The Morgan fingerprint density at radius 1 is 1.29 bits per heavy atom. The molecule has 0 spiro atoms. The van der Waals surface area contributed by atoms with Crippen LogP contribution in [0.25, 0.3) is 0 Å². The van der Waals surface area contributed by atoms with Gasteiger partial charge in [-0.25, -0.2) is 0 Å². The van der Waals surface area contributed by atoms with E-state index in [4.69, 9.17) is 4.74 Å². The van der Waals surface area contributed by atoms with Crippen molar-refractivity contribution in [2.45, 2.75) is 33.6 Å². The van der Waals surface area contributed by atoms with Crippen LogP contribution in [0.2, 0.25) is 0 Å². The first-order valence-corrected chi connectivity index (χ1v) is 4.91. The molecular weight excluding hydrogens is 178 g/mol. The predicted octanol–water partition coefficient (Wildman–Crippen LogP) is 2.53. The van der Waals surface area contributed by atoms with E-state index in [1.165, 1.54) is 7.11 Å². The lowest BCUT2D eigenvalue weighted by atomic mass is 10.1. The summed E-state index contributed by atoms with van der Waals surface area (Å²) in [5, 5.41) is 0. The predicted molar refractivity (Wildman–Crippen MR) is 59.1 cm³/mol. The maximum Gasteiger partial charge on any atom is 0.250 e. The molecule has 0 aromatic carbocycles. The lowest BCUT2D eigenvalue weighted by Gasteiger charge is -2.05. The van der Waals surface area contributed by atoms with Crippen molar-refractivity contribution >= 4 is 0 Å². The Morgan fingerprint density at radius 3 is 2.29 bits per heavy atom. The summed E-state index contributed by atoms with van der Waals surface area (Å²) in [7, 11) is 1.54. The number of pyridine rings is 1. The first-order chi connectivity index (χ1) is 6.63. The standard InChI is InChI=1S/C9H13NO2.C2H6/c1-6(2)7-4-8(11)10-9(5-7)12-3;1-2/h4-6H,1-3H3,(H,10,11);1-2H3. The van der Waals surface area contributed by atoms with Gasteiger partial charge >= 0.3 is 0 Å². The monoisotopic (exact) mass is 197 g/mol. The lowest BCUT2D eigenvalue weighted by Crippen LogP contribution is -2.07. The van der Waals surface area contributed by atoms with Crippen LogP contribution in [0.15, 0.2) is 16.9 Å². The summed E-state index contributed by atoms with van der Waals surface area (Å²) in [6.07, 6.45) is 0. The fourth-order valence-corrected chi connectivity index (χ4v) is 0.981. The third-order valence-corrected chi connectivity index (χ3v) is 1.73. The highest BCUT2D eigenvalue weighted by atomic mass is 16.5. The highest BCUT2D eigenvalue weighted by Crippen LogP contribution is 2.15. The molecule has 0 unspecified atom stereocenters. The van der Waals surface area contributed by atoms with Gasteiger partial charge in [0.1, 0.15) is 0 Å². The molecule has 0 aliphatic heterocycles. The smallest absolute Gasteiger partial charge is 0.250 e. The summed E-state index contributed by atoms with van der Waals surface area (Å²) in [6.45, 7) is 8.07. The second kappa shape index (κ2) is 6.24. The SMILES string of the molecule is CC.COc1cc(C(C)C)cc(=O)[nH]1. The lowest BCUT2D eigenvalue weighted by molar-refractivity contribution is 0.395. The van der Waals surface area contributed by atoms with Gasteiger partial charge in [-0.2, -0.15) is 0 Å². The Morgan fingerprint density at radius 2 is 1.86 bits per heavy atom. The topological polar surface area (TPSA) is 42.1 Å². The van der Waals surface area contributed by atoms with E-state index in [0.29, 0.717) is 11.8 Å². The summed E-state index contributed by atoms with van der Waals surface area (Å²) in [5.74, 6) is 0.868. The van der Waals surface area contributed by atoms with Gasteiger partial charge in [-0.15, -0.1) is 0 Å². The van der Waals surface area contributed by atoms with Crippen LogP contribution in [0.4, 0.5) is 0 Å². The zero-order valence-corrected chi connectivity index (χ0v) is 9.55. The minimum atomic E-state index is -0.113. The number of H-pyrrole nitrogens is 1. The molecule has 1 aromatic heterocycles. The fraction of sp³-hybridized carbons (Fsp3) is 0.545. The molecule has 0 aliphatic carbocycles. The van der Waals surface area contributed by atoms with E-state index in [1.807, 2.05) is 33.8 Å². The highest BCUT2D eigenvalue weighted by Gasteiger charge is 2.02. The van der Waals surface area contributed by atoms with Crippen LogP contribution in [0.1, 0.15) is 39.2 Å². The number of rotatable bonds is 2. The second-order valence-electron chi connectivity index (χ2n) is 3.00. The molecule has 1 aromatic rings. The molecular formula is C11H19NO2. The van der Waals surface area contributed by atoms with E-state index >= 15 is 0 Å². The molecule has 1 N–H and O–H groups in total. The van der Waals surface area contributed by atoms with E-state index < -0.39 is 0 Å². The maximum absolute atomic E-state index is 11.0. The van der Waals surface area contributed by atoms with E-state index in [1.54, 1.807) is 6.07 Å². The van der Waals surface area contributed by atoms with Gasteiger partial charge < -0.3 is 4.74 Å². The van der Waals surface area contributed by atoms with Crippen molar-refractivity contribution in [1.29, 1.82) is 0 Å². The average molecular weight is 197 g/mol. The van der Waals surface area contributed by atoms with Gasteiger partial charge in [-0.05, 0) is 11.5 Å². The molecule has 0 fully saturated rings. The summed E-state index contributed by atoms with van der Waals surface area (Å²) in [4.78, 5) is 13.6. The molecule has 14 heavy (non-hydrogen) atoms. The van der Waals surface area contributed by atoms with Crippen LogP contribution in [0, 0.1) is 0 Å². The van der Waals surface area contributed by atoms with Gasteiger partial charge in [0, 0.05) is 12.1 Å². The van der Waals surface area contributed by atoms with E-state index in [2.05, 4.69) is 4.98 Å². The summed E-state index contributed by atoms with van der Waals surface area (Å²) >= 11 is 0. The van der Waals surface area contributed by atoms with Crippen LogP contribution >= 0.6 is 0 Å². The highest BCUT2D eigenvalue weighted by molar-refractivity contribution is 5.22. The maximum atomic E-state index is 11.0. The van der Waals surface area contributed by atoms with Crippen molar-refractivity contribution in [3.63, 3.8) is 0 Å². The first kappa shape index (κ1) is 12.8. The minimum Gasteiger partial charge on any atom is -0.482 e. The fourth-order valence-electron chi connectivity index (χ4n) is 0.981. The Kier molecular flexibility index (Phi) is 5.68. The Bertz CT molecular complexity index is 315. The van der Waals surface area contributed by atoms with Crippen molar-refractivity contribution in [3.8, 4) is 5.88 Å². The molecule has 0 saturated carbocycles. The Hall–Kier alpha value is -1.25. The summed E-state index contributed by atoms with van der Waals surface area (Å²) < 4.78 is 4.93. The normalized spacial score (nSPS) is 9.29. The molecule has 0 radical (unpaired) electrons. The van der Waals surface area contributed by atoms with Crippen LogP contribution < -0.4 is 10.3 Å². The molecule has 0 saturated heterocycles. The summed E-state index contributed by atoms with van der Waals surface area (Å²) in [6, 6.07) is 3.43. The van der Waals surface area contributed by atoms with Crippen molar-refractivity contribution < 1.29 is 4.74 Å². The molecule has 0 aliphatic rings. The number of hydrogen-bond acceptors (Lipinski definition) is 2. The van der Waals surface area contributed by atoms with E-state index in [0.717, 1.165) is 5.56 Å². The van der Waals surface area contributed by atoms with Crippen LogP contribution in [0.3, 0.4) is 0 Å². The Labute approximate surface area is 85.1 Å². The largest absolute Gasteiger partial charge is 0.482 e. The molecule has 0 amide bonds. The van der Waals surface area contributed by atoms with Gasteiger partial charge in [0.2, 0.25) is 0 Å². The van der Waals surface area contributed by atoms with Crippen LogP contribution in [-0.4, -0.2) is 12.1 Å². The molecule has 0 atom stereocenters. The molecule has 0 bridgehead atoms. The molecule has 3 heteroatoms. The van der Waals surface area contributed by atoms with Crippen molar-refractivity contribution in [2.75, 3.05) is 7.11 Å². The van der Waals surface area contributed by atoms with E-state index in [-0.39, 0.29) is 5.56 Å². The average Bonchev–Trinajstić information content (AvgIpc) is 2.20. The van der Waals surface area contributed by atoms with Gasteiger partial charge in [-0.1, -0.05) is 27.7 Å². The van der Waals surface area contributed by atoms with Crippen molar-refractivity contribution in [2.24, 2.45) is 0 Å². The number of aromatic nitrogens is 1.